The number of hydrogen-bond donors (Lipinski definition) is 0. The quantitative estimate of drug-likeness (QED) is 0.264. The van der Waals surface area contributed by atoms with Crippen molar-refractivity contribution >= 4 is 28.2 Å². The van der Waals surface area contributed by atoms with Crippen LogP contribution in [0, 0.1) is 0 Å². The molecule has 0 saturated heterocycles. The topological polar surface area (TPSA) is 18.5 Å². The van der Waals surface area contributed by atoms with E-state index in [9.17, 15) is 0 Å². The molecule has 0 bridgehead atoms. The lowest BCUT2D eigenvalue weighted by Gasteiger charge is -2.27. The Labute approximate surface area is 130 Å². The second-order valence-electron chi connectivity index (χ2n) is 7.71. The van der Waals surface area contributed by atoms with Crippen LogP contribution in [0.4, 0.5) is 0 Å². The summed E-state index contributed by atoms with van der Waals surface area (Å²) in [5, 5.41) is 0. The first-order valence-corrected chi connectivity index (χ1v) is 15.4. The highest BCUT2D eigenvalue weighted by molar-refractivity contribution is 7.94. The second kappa shape index (κ2) is 7.80. The van der Waals surface area contributed by atoms with Gasteiger partial charge in [-0.15, -0.1) is 0 Å². The molecule has 0 aliphatic rings. The van der Waals surface area contributed by atoms with Crippen LogP contribution in [0.3, 0.4) is 0 Å². The van der Waals surface area contributed by atoms with Gasteiger partial charge in [0.1, 0.15) is 0 Å². The molecule has 0 aliphatic carbocycles. The van der Waals surface area contributed by atoms with E-state index in [1.54, 1.807) is 0 Å². The van der Waals surface area contributed by atoms with Crippen molar-refractivity contribution in [3.05, 3.63) is 30.3 Å². The van der Waals surface area contributed by atoms with E-state index < -0.39 is 16.1 Å². The van der Waals surface area contributed by atoms with E-state index in [4.69, 9.17) is 9.22 Å². The predicted octanol–water partition coefficient (Wildman–Crippen LogP) is 5.69. The molecule has 20 heavy (non-hydrogen) atoms. The monoisotopic (exact) mass is 328 g/mol. The summed E-state index contributed by atoms with van der Waals surface area (Å²) in [6.07, 6.45) is 0.240. The normalized spacial score (nSPS) is 12.9. The molecule has 5 heteroatoms. The largest absolute Gasteiger partial charge is 0.221 e. The maximum absolute atomic E-state index is 5.73. The van der Waals surface area contributed by atoms with E-state index in [1.165, 1.54) is 12.0 Å². The number of benzene rings is 1. The van der Waals surface area contributed by atoms with Crippen LogP contribution in [-0.2, 0) is 9.22 Å². The maximum Gasteiger partial charge on any atom is 0.0896 e. The highest BCUT2D eigenvalue weighted by Crippen LogP contribution is 2.26. The Morgan fingerprint density at radius 1 is 0.900 bits per heavy atom. The van der Waals surface area contributed by atoms with Crippen LogP contribution in [-0.4, -0.2) is 22.3 Å². The van der Waals surface area contributed by atoms with Gasteiger partial charge in [0.05, 0.1) is 18.1 Å². The molecule has 0 heterocycles. The van der Waals surface area contributed by atoms with Crippen molar-refractivity contribution in [3.8, 4) is 0 Å². The first kappa shape index (κ1) is 18.0. The van der Waals surface area contributed by atoms with Crippen LogP contribution < -0.4 is 0 Å². The van der Waals surface area contributed by atoms with Crippen LogP contribution in [0.1, 0.15) is 0 Å². The number of rotatable bonds is 8. The Morgan fingerprint density at radius 3 is 1.85 bits per heavy atom. The van der Waals surface area contributed by atoms with Gasteiger partial charge in [0.2, 0.25) is 0 Å². The van der Waals surface area contributed by atoms with Crippen molar-refractivity contribution in [1.82, 2.24) is 0 Å². The molecule has 1 aromatic rings. The maximum atomic E-state index is 5.73. The third-order valence-corrected chi connectivity index (χ3v) is 6.70. The number of hydrogen-bond acceptors (Lipinski definition) is 3. The molecule has 0 spiro atoms. The molecule has 0 atom stereocenters. The van der Waals surface area contributed by atoms with E-state index >= 15 is 0 Å². The zero-order valence-corrected chi connectivity index (χ0v) is 16.4. The Morgan fingerprint density at radius 2 is 1.40 bits per heavy atom. The van der Waals surface area contributed by atoms with Crippen LogP contribution >= 0.6 is 12.0 Å². The van der Waals surface area contributed by atoms with Crippen molar-refractivity contribution in [2.45, 2.75) is 62.4 Å². The highest BCUT2D eigenvalue weighted by Gasteiger charge is 2.27. The summed E-state index contributed by atoms with van der Waals surface area (Å²) >= 11 is 1.31. The van der Waals surface area contributed by atoms with Crippen LogP contribution in [0.5, 0.6) is 0 Å². The molecule has 0 saturated carbocycles. The zero-order valence-electron chi connectivity index (χ0n) is 13.6. The molecular formula is C15H28O2SSi2. The van der Waals surface area contributed by atoms with Crippen molar-refractivity contribution < 1.29 is 9.22 Å². The van der Waals surface area contributed by atoms with Gasteiger partial charge in [0, 0.05) is 21.0 Å². The first-order chi connectivity index (χ1) is 9.16. The lowest BCUT2D eigenvalue weighted by molar-refractivity contribution is -0.220. The van der Waals surface area contributed by atoms with E-state index in [0.717, 1.165) is 17.0 Å². The summed E-state index contributed by atoms with van der Waals surface area (Å²) in [5.74, 6) is 0. The standard InChI is InChI=1S/C15H28O2SSi2/c1-19(2,3)12-14(13-20(4,5)6)16-17-18-15-10-8-7-9-11-15/h7-11,14H,12-13H2,1-6H3. The minimum Gasteiger partial charge on any atom is -0.221 e. The lowest BCUT2D eigenvalue weighted by atomic mass is 10.4. The molecule has 0 amide bonds. The van der Waals surface area contributed by atoms with E-state index in [1.807, 2.05) is 30.3 Å². The fraction of sp³-hybridized carbons (Fsp3) is 0.600. The smallest absolute Gasteiger partial charge is 0.0896 e. The minimum absolute atomic E-state index is 0.240. The molecular weight excluding hydrogens is 300 g/mol. The van der Waals surface area contributed by atoms with Gasteiger partial charge in [0.15, 0.2) is 0 Å². The van der Waals surface area contributed by atoms with Gasteiger partial charge in [0.25, 0.3) is 0 Å². The summed E-state index contributed by atoms with van der Waals surface area (Å²) in [4.78, 5) is 6.81. The van der Waals surface area contributed by atoms with Gasteiger partial charge in [-0.2, -0.15) is 4.33 Å². The third kappa shape index (κ3) is 8.97. The molecule has 1 aromatic carbocycles. The molecule has 0 fully saturated rings. The average molecular weight is 329 g/mol. The summed E-state index contributed by atoms with van der Waals surface area (Å²) in [5.41, 5.74) is 0. The summed E-state index contributed by atoms with van der Waals surface area (Å²) in [7, 11) is -2.28. The highest BCUT2D eigenvalue weighted by atomic mass is 32.2. The second-order valence-corrected chi connectivity index (χ2v) is 19.5. The van der Waals surface area contributed by atoms with E-state index in [2.05, 4.69) is 39.3 Å². The van der Waals surface area contributed by atoms with E-state index in [-0.39, 0.29) is 6.10 Å². The SMILES string of the molecule is C[Si](C)(C)CC(C[Si](C)(C)C)OOSc1ccccc1. The van der Waals surface area contributed by atoms with Gasteiger partial charge in [-0.1, -0.05) is 57.5 Å². The summed E-state index contributed by atoms with van der Waals surface area (Å²) in [6, 6.07) is 12.4. The van der Waals surface area contributed by atoms with Gasteiger partial charge >= 0.3 is 0 Å². The molecule has 1 rings (SSSR count). The average Bonchev–Trinajstić information content (AvgIpc) is 2.25. The van der Waals surface area contributed by atoms with Gasteiger partial charge in [-0.25, -0.2) is 4.89 Å². The van der Waals surface area contributed by atoms with Crippen LogP contribution in [0.15, 0.2) is 35.2 Å². The molecule has 0 aromatic heterocycles. The van der Waals surface area contributed by atoms with Crippen LogP contribution in [0.2, 0.25) is 51.4 Å². The van der Waals surface area contributed by atoms with Gasteiger partial charge in [-0.3, -0.25) is 0 Å². The van der Waals surface area contributed by atoms with Crippen molar-refractivity contribution in [3.63, 3.8) is 0 Å². The van der Waals surface area contributed by atoms with Crippen molar-refractivity contribution in [2.75, 3.05) is 0 Å². The van der Waals surface area contributed by atoms with E-state index in [0.29, 0.717) is 0 Å². The Kier molecular flexibility index (Phi) is 7.01. The molecule has 0 N–H and O–H groups in total. The fourth-order valence-electron chi connectivity index (χ4n) is 2.10. The third-order valence-electron chi connectivity index (χ3n) is 2.73. The Balaban J connectivity index is 2.48. The predicted molar refractivity (Wildman–Crippen MR) is 94.6 cm³/mol. The molecule has 2 nitrogen and oxygen atoms in total. The molecule has 0 unspecified atom stereocenters. The molecule has 0 aliphatic heterocycles. The van der Waals surface area contributed by atoms with Gasteiger partial charge in [-0.05, 0) is 24.2 Å². The molecule has 114 valence electrons. The first-order valence-electron chi connectivity index (χ1n) is 7.21. The summed E-state index contributed by atoms with van der Waals surface area (Å²) < 4.78 is 5.43. The van der Waals surface area contributed by atoms with Gasteiger partial charge < -0.3 is 0 Å². The zero-order chi connectivity index (χ0) is 15.2. The Hall–Kier alpha value is -0.0762. The van der Waals surface area contributed by atoms with Crippen LogP contribution in [0.25, 0.3) is 0 Å². The fourth-order valence-corrected chi connectivity index (χ4v) is 6.04. The molecule has 0 radical (unpaired) electrons. The van der Waals surface area contributed by atoms with Crippen molar-refractivity contribution in [1.29, 1.82) is 0 Å². The lowest BCUT2D eigenvalue weighted by Crippen LogP contribution is -2.34. The summed E-state index contributed by atoms with van der Waals surface area (Å²) in [6.45, 7) is 14.3. The minimum atomic E-state index is -1.14. The Bertz CT molecular complexity index is 369. The van der Waals surface area contributed by atoms with Crippen molar-refractivity contribution in [2.24, 2.45) is 0 Å².